The molecule has 12 heavy (non-hydrogen) atoms. The predicted octanol–water partition coefficient (Wildman–Crippen LogP) is 2.68. The maximum atomic E-state index is 8.61. The van der Waals surface area contributed by atoms with Gasteiger partial charge in [-0.25, -0.2) is 0 Å². The quantitative estimate of drug-likeness (QED) is 0.625. The van der Waals surface area contributed by atoms with Crippen molar-refractivity contribution in [3.8, 4) is 12.1 Å². The molecule has 0 aliphatic heterocycles. The fourth-order valence-corrected chi connectivity index (χ4v) is 0.911. The number of rotatable bonds is 5. The highest BCUT2D eigenvalue weighted by atomic mass is 14.3. The summed E-state index contributed by atoms with van der Waals surface area (Å²) in [5.41, 5.74) is 0. The summed E-state index contributed by atoms with van der Waals surface area (Å²) in [4.78, 5) is 0. The Morgan fingerprint density at radius 3 is 2.33 bits per heavy atom. The minimum atomic E-state index is 0.0844. The molecule has 0 saturated carbocycles. The molecule has 0 aromatic rings. The van der Waals surface area contributed by atoms with Gasteiger partial charge in [0.25, 0.3) is 0 Å². The number of hydrogen-bond donors (Lipinski definition) is 0. The Kier molecular flexibility index (Phi) is 6.11. The topological polar surface area (TPSA) is 47.6 Å². The van der Waals surface area contributed by atoms with E-state index in [1.54, 1.807) is 0 Å². The first-order chi connectivity index (χ1) is 5.74. The van der Waals surface area contributed by atoms with Crippen molar-refractivity contribution >= 4 is 0 Å². The van der Waals surface area contributed by atoms with E-state index in [4.69, 9.17) is 10.5 Å². The van der Waals surface area contributed by atoms with Crippen LogP contribution in [0.15, 0.2) is 0 Å². The molecule has 0 bridgehead atoms. The van der Waals surface area contributed by atoms with Crippen LogP contribution in [-0.4, -0.2) is 0 Å². The van der Waals surface area contributed by atoms with Crippen LogP contribution in [0.4, 0.5) is 0 Å². The van der Waals surface area contributed by atoms with Crippen LogP contribution in [0.3, 0.4) is 0 Å². The molecule has 0 aromatic heterocycles. The van der Waals surface area contributed by atoms with Crippen LogP contribution in [0.2, 0.25) is 0 Å². The van der Waals surface area contributed by atoms with Crippen molar-refractivity contribution in [3.05, 3.63) is 6.42 Å². The van der Waals surface area contributed by atoms with Crippen LogP contribution in [-0.2, 0) is 0 Å². The molecule has 65 valence electrons. The molecule has 0 aromatic carbocycles. The number of nitriles is 2. The van der Waals surface area contributed by atoms with Gasteiger partial charge < -0.3 is 0 Å². The van der Waals surface area contributed by atoms with E-state index >= 15 is 0 Å². The maximum Gasteiger partial charge on any atom is 0.0655 e. The normalized spacial score (nSPS) is 14.3. The van der Waals surface area contributed by atoms with Gasteiger partial charge in [-0.15, -0.1) is 0 Å². The van der Waals surface area contributed by atoms with E-state index in [2.05, 4.69) is 12.1 Å². The van der Waals surface area contributed by atoms with Gasteiger partial charge in [0.15, 0.2) is 0 Å². The summed E-state index contributed by atoms with van der Waals surface area (Å²) in [5.74, 6) is 0.220. The summed E-state index contributed by atoms with van der Waals surface area (Å²) in [6, 6.07) is 4.39. The molecule has 0 saturated heterocycles. The Hall–Kier alpha value is -1.02. The summed E-state index contributed by atoms with van der Waals surface area (Å²) in [6.45, 7) is 3.90. The Labute approximate surface area is 74.8 Å². The van der Waals surface area contributed by atoms with E-state index in [9.17, 15) is 0 Å². The van der Waals surface area contributed by atoms with E-state index in [-0.39, 0.29) is 11.8 Å². The van der Waals surface area contributed by atoms with Crippen LogP contribution < -0.4 is 0 Å². The van der Waals surface area contributed by atoms with Gasteiger partial charge in [0, 0.05) is 11.8 Å². The third kappa shape index (κ3) is 4.74. The zero-order valence-corrected chi connectivity index (χ0v) is 7.75. The SMILES string of the molecule is CCC(C#N)C[CH]CC(C)C#N. The van der Waals surface area contributed by atoms with Gasteiger partial charge in [-0.2, -0.15) is 10.5 Å². The fourth-order valence-electron chi connectivity index (χ4n) is 0.911. The van der Waals surface area contributed by atoms with Crippen molar-refractivity contribution in [2.75, 3.05) is 0 Å². The third-order valence-electron chi connectivity index (χ3n) is 1.87. The van der Waals surface area contributed by atoms with Gasteiger partial charge in [-0.05, 0) is 32.6 Å². The predicted molar refractivity (Wildman–Crippen MR) is 47.7 cm³/mol. The fraction of sp³-hybridized carbons (Fsp3) is 0.700. The minimum absolute atomic E-state index is 0.0844. The highest BCUT2D eigenvalue weighted by Crippen LogP contribution is 2.13. The standard InChI is InChI=1S/C10H15N2/c1-3-10(8-12)6-4-5-9(2)7-11/h4,9-10H,3,5-6H2,1-2H3. The molecule has 1 radical (unpaired) electrons. The van der Waals surface area contributed by atoms with E-state index < -0.39 is 0 Å². The van der Waals surface area contributed by atoms with Gasteiger partial charge in [-0.1, -0.05) is 6.92 Å². The molecule has 0 rings (SSSR count). The molecule has 0 N–H and O–H groups in total. The van der Waals surface area contributed by atoms with Crippen LogP contribution in [0.5, 0.6) is 0 Å². The lowest BCUT2D eigenvalue weighted by atomic mass is 9.97. The Balaban J connectivity index is 3.44. The van der Waals surface area contributed by atoms with E-state index in [1.807, 2.05) is 20.3 Å². The monoisotopic (exact) mass is 163 g/mol. The molecular formula is C10H15N2. The molecule has 0 amide bonds. The van der Waals surface area contributed by atoms with Crippen molar-refractivity contribution in [1.82, 2.24) is 0 Å². The average Bonchev–Trinajstić information content (AvgIpc) is 2.12. The van der Waals surface area contributed by atoms with Crippen molar-refractivity contribution in [3.63, 3.8) is 0 Å². The summed E-state index contributed by atoms with van der Waals surface area (Å²) in [7, 11) is 0. The van der Waals surface area contributed by atoms with Gasteiger partial charge in [0.05, 0.1) is 12.1 Å². The lowest BCUT2D eigenvalue weighted by molar-refractivity contribution is 0.591. The second-order valence-electron chi connectivity index (χ2n) is 3.02. The molecule has 0 aliphatic rings. The van der Waals surface area contributed by atoms with E-state index in [1.165, 1.54) is 0 Å². The minimum Gasteiger partial charge on any atom is -0.198 e. The average molecular weight is 163 g/mol. The van der Waals surface area contributed by atoms with E-state index in [0.717, 1.165) is 19.3 Å². The van der Waals surface area contributed by atoms with Crippen molar-refractivity contribution < 1.29 is 0 Å². The molecule has 0 aliphatic carbocycles. The molecule has 0 heterocycles. The second-order valence-corrected chi connectivity index (χ2v) is 3.02. The lowest BCUT2D eigenvalue weighted by Gasteiger charge is -2.05. The van der Waals surface area contributed by atoms with Crippen LogP contribution in [0, 0.1) is 40.9 Å². The molecule has 0 spiro atoms. The van der Waals surface area contributed by atoms with E-state index in [0.29, 0.717) is 0 Å². The van der Waals surface area contributed by atoms with Gasteiger partial charge >= 0.3 is 0 Å². The highest BCUT2D eigenvalue weighted by molar-refractivity contribution is 4.89. The van der Waals surface area contributed by atoms with Crippen molar-refractivity contribution in [2.45, 2.75) is 33.1 Å². The van der Waals surface area contributed by atoms with Crippen LogP contribution in [0.25, 0.3) is 0 Å². The summed E-state index contributed by atoms with van der Waals surface area (Å²) >= 11 is 0. The Morgan fingerprint density at radius 1 is 1.25 bits per heavy atom. The first-order valence-electron chi connectivity index (χ1n) is 4.35. The highest BCUT2D eigenvalue weighted by Gasteiger charge is 2.05. The maximum absolute atomic E-state index is 8.61. The summed E-state index contributed by atoms with van der Waals surface area (Å²) < 4.78 is 0. The summed E-state index contributed by atoms with van der Waals surface area (Å²) in [5, 5.41) is 17.1. The molecule has 2 atom stereocenters. The molecule has 2 heteroatoms. The van der Waals surface area contributed by atoms with Crippen LogP contribution in [0.1, 0.15) is 33.1 Å². The zero-order valence-electron chi connectivity index (χ0n) is 7.75. The molecule has 2 unspecified atom stereocenters. The largest absolute Gasteiger partial charge is 0.198 e. The molecule has 0 fully saturated rings. The second kappa shape index (κ2) is 6.68. The van der Waals surface area contributed by atoms with Crippen molar-refractivity contribution in [2.24, 2.45) is 11.8 Å². The van der Waals surface area contributed by atoms with Crippen molar-refractivity contribution in [1.29, 1.82) is 10.5 Å². The van der Waals surface area contributed by atoms with Gasteiger partial charge in [0.2, 0.25) is 0 Å². The zero-order chi connectivity index (χ0) is 9.40. The molecule has 2 nitrogen and oxygen atoms in total. The number of nitrogens with zero attached hydrogens (tertiary/aromatic N) is 2. The van der Waals surface area contributed by atoms with Gasteiger partial charge in [0.1, 0.15) is 0 Å². The Bertz CT molecular complexity index is 185. The third-order valence-corrected chi connectivity index (χ3v) is 1.87. The smallest absolute Gasteiger partial charge is 0.0655 e. The molecular weight excluding hydrogens is 148 g/mol. The first kappa shape index (κ1) is 11.0. The number of hydrogen-bond acceptors (Lipinski definition) is 2. The van der Waals surface area contributed by atoms with Gasteiger partial charge in [-0.3, -0.25) is 0 Å². The van der Waals surface area contributed by atoms with Crippen LogP contribution >= 0.6 is 0 Å². The lowest BCUT2D eigenvalue weighted by Crippen LogP contribution is -1.97. The first-order valence-corrected chi connectivity index (χ1v) is 4.35. The summed E-state index contributed by atoms with van der Waals surface area (Å²) in [6.07, 6.45) is 4.56. The Morgan fingerprint density at radius 2 is 1.92 bits per heavy atom.